The fraction of sp³-hybridized carbons (Fsp3) is 0.308. The van der Waals surface area contributed by atoms with Crippen LogP contribution in [-0.2, 0) is 16.0 Å². The lowest BCUT2D eigenvalue weighted by Crippen LogP contribution is -2.25. The molecule has 0 saturated carbocycles. The van der Waals surface area contributed by atoms with Crippen LogP contribution in [0.5, 0.6) is 0 Å². The zero-order chi connectivity index (χ0) is 14.2. The summed E-state index contributed by atoms with van der Waals surface area (Å²) in [7, 11) is 1.55. The molecule has 7 heteroatoms. The molecular weight excluding hydrogens is 278 g/mol. The molecule has 0 unspecified atom stereocenters. The van der Waals surface area contributed by atoms with Gasteiger partial charge in [0, 0.05) is 30.4 Å². The highest BCUT2D eigenvalue weighted by atomic mass is 32.1. The number of amides is 1. The smallest absolute Gasteiger partial charge is 0.407 e. The minimum absolute atomic E-state index is 0.222. The Morgan fingerprint density at radius 1 is 1.35 bits per heavy atom. The molecule has 2 aromatic rings. The van der Waals surface area contributed by atoms with Gasteiger partial charge in [0.05, 0.1) is 24.5 Å². The minimum atomic E-state index is -0.496. The molecule has 6 nitrogen and oxygen atoms in total. The third-order valence-corrected chi connectivity index (χ3v) is 3.17. The van der Waals surface area contributed by atoms with Crippen LogP contribution in [0.4, 0.5) is 4.79 Å². The topological polar surface area (TPSA) is 73.3 Å². The lowest BCUT2D eigenvalue weighted by atomic mass is 10.2. The van der Waals surface area contributed by atoms with Gasteiger partial charge in [0.2, 0.25) is 0 Å². The Kier molecular flexibility index (Phi) is 5.45. The number of rotatable bonds is 6. The normalized spacial score (nSPS) is 10.2. The Balaban J connectivity index is 1.95. The number of thiophene rings is 1. The molecule has 0 aromatic carbocycles. The van der Waals surface area contributed by atoms with Crippen molar-refractivity contribution in [3.8, 4) is 11.3 Å². The van der Waals surface area contributed by atoms with Crippen LogP contribution in [-0.4, -0.2) is 36.4 Å². The molecule has 0 spiro atoms. The van der Waals surface area contributed by atoms with Gasteiger partial charge in [-0.25, -0.2) is 4.79 Å². The monoisotopic (exact) mass is 293 g/mol. The number of carbonyl (C=O) groups is 1. The standard InChI is InChI=1S/C13H15N3O3S/c1-18-5-6-19-13(17)16-8-11-12(15-4-3-14-11)10-2-7-20-9-10/h2-4,7,9H,5-6,8H2,1H3,(H,16,17). The van der Waals surface area contributed by atoms with Gasteiger partial charge in [-0.1, -0.05) is 0 Å². The van der Waals surface area contributed by atoms with E-state index in [1.807, 2.05) is 16.8 Å². The highest BCUT2D eigenvalue weighted by Gasteiger charge is 2.10. The number of hydrogen-bond acceptors (Lipinski definition) is 6. The summed E-state index contributed by atoms with van der Waals surface area (Å²) in [5.74, 6) is 0. The first kappa shape index (κ1) is 14.4. The number of nitrogens with zero attached hydrogens (tertiary/aromatic N) is 2. The average Bonchev–Trinajstić information content (AvgIpc) is 3.00. The Bertz CT molecular complexity index is 546. The first-order valence-corrected chi connectivity index (χ1v) is 6.97. The maximum absolute atomic E-state index is 11.5. The molecule has 1 amide bonds. The summed E-state index contributed by atoms with van der Waals surface area (Å²) in [5, 5.41) is 6.61. The molecule has 0 saturated heterocycles. The summed E-state index contributed by atoms with van der Waals surface area (Å²) in [5.41, 5.74) is 2.47. The van der Waals surface area contributed by atoms with Gasteiger partial charge in [0.1, 0.15) is 6.61 Å². The van der Waals surface area contributed by atoms with Gasteiger partial charge in [0.25, 0.3) is 0 Å². The van der Waals surface area contributed by atoms with Gasteiger partial charge in [-0.2, -0.15) is 11.3 Å². The van der Waals surface area contributed by atoms with Gasteiger partial charge < -0.3 is 14.8 Å². The number of ether oxygens (including phenoxy) is 2. The van der Waals surface area contributed by atoms with Crippen molar-refractivity contribution >= 4 is 17.4 Å². The second-order valence-electron chi connectivity index (χ2n) is 3.85. The molecule has 0 aliphatic carbocycles. The number of aromatic nitrogens is 2. The highest BCUT2D eigenvalue weighted by molar-refractivity contribution is 7.08. The predicted octanol–water partition coefficient (Wildman–Crippen LogP) is 2.08. The fourth-order valence-corrected chi connectivity index (χ4v) is 2.20. The van der Waals surface area contributed by atoms with Gasteiger partial charge in [-0.3, -0.25) is 9.97 Å². The number of hydrogen-bond donors (Lipinski definition) is 1. The van der Waals surface area contributed by atoms with Crippen LogP contribution in [0.25, 0.3) is 11.3 Å². The molecule has 106 valence electrons. The van der Waals surface area contributed by atoms with E-state index in [9.17, 15) is 4.79 Å². The Labute approximate surface area is 120 Å². The molecule has 0 radical (unpaired) electrons. The van der Waals surface area contributed by atoms with Crippen molar-refractivity contribution in [3.63, 3.8) is 0 Å². The maximum Gasteiger partial charge on any atom is 0.407 e. The van der Waals surface area contributed by atoms with Crippen molar-refractivity contribution in [3.05, 3.63) is 34.9 Å². The van der Waals surface area contributed by atoms with E-state index >= 15 is 0 Å². The van der Waals surface area contributed by atoms with E-state index in [2.05, 4.69) is 15.3 Å². The zero-order valence-electron chi connectivity index (χ0n) is 11.0. The molecule has 0 aliphatic heterocycles. The van der Waals surface area contributed by atoms with E-state index in [1.54, 1.807) is 30.8 Å². The van der Waals surface area contributed by atoms with E-state index in [0.717, 1.165) is 11.3 Å². The summed E-state index contributed by atoms with van der Waals surface area (Å²) in [4.78, 5) is 20.0. The third kappa shape index (κ3) is 4.01. The van der Waals surface area contributed by atoms with Crippen LogP contribution in [0.1, 0.15) is 5.69 Å². The Morgan fingerprint density at radius 2 is 2.20 bits per heavy atom. The summed E-state index contributed by atoms with van der Waals surface area (Å²) < 4.78 is 9.71. The van der Waals surface area contributed by atoms with E-state index in [4.69, 9.17) is 9.47 Å². The highest BCUT2D eigenvalue weighted by Crippen LogP contribution is 2.22. The van der Waals surface area contributed by atoms with Crippen molar-refractivity contribution in [1.29, 1.82) is 0 Å². The van der Waals surface area contributed by atoms with Crippen molar-refractivity contribution in [2.75, 3.05) is 20.3 Å². The number of alkyl carbamates (subject to hydrolysis) is 1. The maximum atomic E-state index is 11.5. The van der Waals surface area contributed by atoms with E-state index in [0.29, 0.717) is 12.3 Å². The van der Waals surface area contributed by atoms with Crippen LogP contribution in [0.15, 0.2) is 29.2 Å². The summed E-state index contributed by atoms with van der Waals surface area (Å²) >= 11 is 1.59. The predicted molar refractivity (Wildman–Crippen MR) is 75.4 cm³/mol. The third-order valence-electron chi connectivity index (χ3n) is 2.49. The quantitative estimate of drug-likeness (QED) is 0.825. The molecule has 2 heterocycles. The van der Waals surface area contributed by atoms with Crippen molar-refractivity contribution in [1.82, 2.24) is 15.3 Å². The number of carbonyl (C=O) groups excluding carboxylic acids is 1. The van der Waals surface area contributed by atoms with Gasteiger partial charge in [0.15, 0.2) is 0 Å². The van der Waals surface area contributed by atoms with Crippen molar-refractivity contribution in [2.24, 2.45) is 0 Å². The van der Waals surface area contributed by atoms with Crippen LogP contribution < -0.4 is 5.32 Å². The van der Waals surface area contributed by atoms with Crippen LogP contribution >= 0.6 is 11.3 Å². The molecule has 0 atom stereocenters. The van der Waals surface area contributed by atoms with Crippen LogP contribution in [0.3, 0.4) is 0 Å². The van der Waals surface area contributed by atoms with E-state index in [-0.39, 0.29) is 13.2 Å². The average molecular weight is 293 g/mol. The van der Waals surface area contributed by atoms with Crippen molar-refractivity contribution < 1.29 is 14.3 Å². The van der Waals surface area contributed by atoms with Crippen LogP contribution in [0.2, 0.25) is 0 Å². The number of nitrogens with one attached hydrogen (secondary N) is 1. The zero-order valence-corrected chi connectivity index (χ0v) is 11.9. The molecule has 0 aliphatic rings. The minimum Gasteiger partial charge on any atom is -0.447 e. The molecular formula is C13H15N3O3S. The molecule has 1 N–H and O–H groups in total. The molecule has 0 fully saturated rings. The SMILES string of the molecule is COCCOC(=O)NCc1nccnc1-c1ccsc1. The lowest BCUT2D eigenvalue weighted by molar-refractivity contribution is 0.0982. The summed E-state index contributed by atoms with van der Waals surface area (Å²) in [6.07, 6.45) is 2.74. The largest absolute Gasteiger partial charge is 0.447 e. The molecule has 0 bridgehead atoms. The van der Waals surface area contributed by atoms with E-state index in [1.165, 1.54) is 0 Å². The van der Waals surface area contributed by atoms with Gasteiger partial charge in [-0.05, 0) is 11.4 Å². The first-order valence-electron chi connectivity index (χ1n) is 6.03. The Morgan fingerprint density at radius 3 is 2.95 bits per heavy atom. The first-order chi connectivity index (χ1) is 9.81. The second kappa shape index (κ2) is 7.56. The lowest BCUT2D eigenvalue weighted by Gasteiger charge is -2.08. The molecule has 2 aromatic heterocycles. The van der Waals surface area contributed by atoms with E-state index < -0.39 is 6.09 Å². The Hall–Kier alpha value is -1.99. The second-order valence-corrected chi connectivity index (χ2v) is 4.63. The summed E-state index contributed by atoms with van der Waals surface area (Å²) in [6, 6.07) is 1.97. The molecule has 20 heavy (non-hydrogen) atoms. The fourth-order valence-electron chi connectivity index (χ4n) is 1.56. The summed E-state index contributed by atoms with van der Waals surface area (Å²) in [6.45, 7) is 0.865. The number of methoxy groups -OCH3 is 1. The van der Waals surface area contributed by atoms with Crippen LogP contribution in [0, 0.1) is 0 Å². The van der Waals surface area contributed by atoms with Crippen molar-refractivity contribution in [2.45, 2.75) is 6.54 Å². The van der Waals surface area contributed by atoms with Gasteiger partial charge in [-0.15, -0.1) is 0 Å². The molecule has 2 rings (SSSR count). The van der Waals surface area contributed by atoms with Gasteiger partial charge >= 0.3 is 6.09 Å².